The molecular weight excluding hydrogens is 518 g/mol. The summed E-state index contributed by atoms with van der Waals surface area (Å²) in [6.07, 6.45) is 5.12. The van der Waals surface area contributed by atoms with Gasteiger partial charge in [0.25, 0.3) is 11.5 Å². The molecule has 1 amide bonds. The second-order valence-electron chi connectivity index (χ2n) is 9.36. The highest BCUT2D eigenvalue weighted by molar-refractivity contribution is 7.13. The molecule has 1 aliphatic rings. The van der Waals surface area contributed by atoms with E-state index in [1.807, 2.05) is 12.3 Å². The number of carbonyl (C=O) groups excluding carboxylic acids is 1. The lowest BCUT2D eigenvalue weighted by molar-refractivity contribution is 0.0916. The summed E-state index contributed by atoms with van der Waals surface area (Å²) in [5.74, 6) is 0.840. The number of aromatic nitrogens is 4. The molecule has 5 rings (SSSR count). The third kappa shape index (κ3) is 5.43. The number of thiazole rings is 1. The first-order valence-electron chi connectivity index (χ1n) is 12.8. The average molecular weight is 550 g/mol. The first kappa shape index (κ1) is 26.6. The number of aryl methyl sites for hydroxylation is 1. The number of anilines is 2. The Hall–Kier alpha value is -4.03. The standard InChI is InChI=1S/C27H31N7O4S/c1-5-38-23-21(25-28-10-13-39-25)22-19(34(3)26(23)36)15-29-27(32-22)31-18-7-6-16(14-20(18)37-4)24(35)30-17-8-11-33(2)12-9-17/h6-7,10,13-15,17H,5,8-9,11-12H2,1-4H3,(H,30,35)(H,29,31,32). The summed E-state index contributed by atoms with van der Waals surface area (Å²) in [7, 11) is 5.30. The fourth-order valence-corrected chi connectivity index (χ4v) is 5.32. The maximum atomic E-state index is 13.1. The topological polar surface area (TPSA) is 124 Å². The minimum Gasteiger partial charge on any atom is -0.495 e. The van der Waals surface area contributed by atoms with Gasteiger partial charge in [0, 0.05) is 30.2 Å². The number of nitrogens with zero attached hydrogens (tertiary/aromatic N) is 5. The van der Waals surface area contributed by atoms with Crippen molar-refractivity contribution in [1.29, 1.82) is 0 Å². The van der Waals surface area contributed by atoms with Crippen molar-refractivity contribution in [3.63, 3.8) is 0 Å². The van der Waals surface area contributed by atoms with Gasteiger partial charge in [-0.2, -0.15) is 0 Å². The van der Waals surface area contributed by atoms with E-state index in [0.717, 1.165) is 25.9 Å². The van der Waals surface area contributed by atoms with Gasteiger partial charge >= 0.3 is 0 Å². The number of piperidine rings is 1. The molecule has 11 nitrogen and oxygen atoms in total. The van der Waals surface area contributed by atoms with Gasteiger partial charge in [0.15, 0.2) is 5.75 Å². The molecule has 0 bridgehead atoms. The summed E-state index contributed by atoms with van der Waals surface area (Å²) in [6, 6.07) is 5.37. The minimum absolute atomic E-state index is 0.131. The number of amides is 1. The molecule has 0 radical (unpaired) electrons. The van der Waals surface area contributed by atoms with Crippen LogP contribution in [-0.2, 0) is 7.05 Å². The van der Waals surface area contributed by atoms with E-state index in [2.05, 4.69) is 32.5 Å². The Bertz CT molecular complexity index is 1550. The van der Waals surface area contributed by atoms with Crippen LogP contribution in [0.15, 0.2) is 40.8 Å². The summed E-state index contributed by atoms with van der Waals surface area (Å²) in [5.41, 5.74) is 2.43. The summed E-state index contributed by atoms with van der Waals surface area (Å²) in [5, 5.41) is 8.79. The van der Waals surface area contributed by atoms with Gasteiger partial charge in [0.05, 0.1) is 36.7 Å². The van der Waals surface area contributed by atoms with E-state index in [4.69, 9.17) is 14.5 Å². The van der Waals surface area contributed by atoms with E-state index in [1.54, 1.807) is 44.8 Å². The highest BCUT2D eigenvalue weighted by Gasteiger charge is 2.23. The molecule has 39 heavy (non-hydrogen) atoms. The summed E-state index contributed by atoms with van der Waals surface area (Å²) in [4.78, 5) is 41.8. The van der Waals surface area contributed by atoms with Gasteiger partial charge in [0.1, 0.15) is 16.3 Å². The van der Waals surface area contributed by atoms with Crippen LogP contribution in [0.1, 0.15) is 30.1 Å². The molecule has 204 valence electrons. The van der Waals surface area contributed by atoms with Gasteiger partial charge < -0.3 is 29.6 Å². The zero-order valence-electron chi connectivity index (χ0n) is 22.4. The number of nitrogens with one attached hydrogen (secondary N) is 2. The molecule has 0 atom stereocenters. The van der Waals surface area contributed by atoms with E-state index in [0.29, 0.717) is 51.2 Å². The van der Waals surface area contributed by atoms with Crippen LogP contribution in [0.5, 0.6) is 11.5 Å². The van der Waals surface area contributed by atoms with Crippen LogP contribution in [0.4, 0.5) is 11.6 Å². The Kier molecular flexibility index (Phi) is 7.75. The summed E-state index contributed by atoms with van der Waals surface area (Å²) in [6.45, 7) is 4.08. The van der Waals surface area contributed by atoms with Gasteiger partial charge in [-0.3, -0.25) is 9.59 Å². The van der Waals surface area contributed by atoms with Crippen molar-refractivity contribution in [2.24, 2.45) is 7.05 Å². The number of carbonyl (C=O) groups is 1. The van der Waals surface area contributed by atoms with E-state index >= 15 is 0 Å². The quantitative estimate of drug-likeness (QED) is 0.340. The number of ether oxygens (including phenoxy) is 2. The number of hydrogen-bond donors (Lipinski definition) is 2. The zero-order valence-corrected chi connectivity index (χ0v) is 23.2. The van der Waals surface area contributed by atoms with E-state index in [1.165, 1.54) is 15.9 Å². The predicted molar refractivity (Wildman–Crippen MR) is 151 cm³/mol. The van der Waals surface area contributed by atoms with Gasteiger partial charge in [-0.15, -0.1) is 11.3 Å². The Balaban J connectivity index is 1.47. The van der Waals surface area contributed by atoms with Gasteiger partial charge in [-0.1, -0.05) is 0 Å². The molecule has 0 aliphatic carbocycles. The lowest BCUT2D eigenvalue weighted by atomic mass is 10.0. The van der Waals surface area contributed by atoms with Crippen LogP contribution >= 0.6 is 11.3 Å². The lowest BCUT2D eigenvalue weighted by Gasteiger charge is -2.29. The number of benzene rings is 1. The number of fused-ring (bicyclic) bond motifs is 1. The Morgan fingerprint density at radius 1 is 1.21 bits per heavy atom. The van der Waals surface area contributed by atoms with Crippen LogP contribution in [0.3, 0.4) is 0 Å². The molecule has 0 saturated carbocycles. The molecule has 1 aromatic carbocycles. The Morgan fingerprint density at radius 3 is 2.69 bits per heavy atom. The van der Waals surface area contributed by atoms with Gasteiger partial charge in [0.2, 0.25) is 5.95 Å². The van der Waals surface area contributed by atoms with Crippen molar-refractivity contribution in [2.45, 2.75) is 25.8 Å². The van der Waals surface area contributed by atoms with Crippen molar-refractivity contribution in [3.05, 3.63) is 51.9 Å². The van der Waals surface area contributed by atoms with Crippen LogP contribution in [0.25, 0.3) is 21.6 Å². The van der Waals surface area contributed by atoms with Gasteiger partial charge in [-0.05, 0) is 58.1 Å². The third-order valence-electron chi connectivity index (χ3n) is 6.79. The maximum absolute atomic E-state index is 13.1. The fraction of sp³-hybridized carbons (Fsp3) is 0.370. The van der Waals surface area contributed by atoms with Crippen LogP contribution in [0, 0.1) is 0 Å². The molecule has 4 aromatic rings. The SMILES string of the molecule is CCOc1c(-c2nccs2)c2nc(Nc3ccc(C(=O)NC4CCN(C)CC4)cc3OC)ncc2n(C)c1=O. The minimum atomic E-state index is -0.283. The molecular formula is C27H31N7O4S. The second kappa shape index (κ2) is 11.4. The molecule has 2 N–H and O–H groups in total. The van der Waals surface area contributed by atoms with Crippen molar-refractivity contribution >= 4 is 39.9 Å². The first-order chi connectivity index (χ1) is 18.9. The molecule has 1 saturated heterocycles. The largest absolute Gasteiger partial charge is 0.495 e. The van der Waals surface area contributed by atoms with Gasteiger partial charge in [-0.25, -0.2) is 15.0 Å². The average Bonchev–Trinajstić information content (AvgIpc) is 3.48. The van der Waals surface area contributed by atoms with E-state index in [9.17, 15) is 9.59 Å². The third-order valence-corrected chi connectivity index (χ3v) is 7.58. The lowest BCUT2D eigenvalue weighted by Crippen LogP contribution is -2.43. The number of pyridine rings is 1. The van der Waals surface area contributed by atoms with Crippen LogP contribution in [-0.4, -0.2) is 70.2 Å². The molecule has 12 heteroatoms. The summed E-state index contributed by atoms with van der Waals surface area (Å²) < 4.78 is 12.8. The second-order valence-corrected chi connectivity index (χ2v) is 10.3. The Labute approximate surface area is 229 Å². The monoisotopic (exact) mass is 549 g/mol. The van der Waals surface area contributed by atoms with E-state index < -0.39 is 0 Å². The molecule has 1 aliphatic heterocycles. The molecule has 4 heterocycles. The van der Waals surface area contributed by atoms with Crippen molar-refractivity contribution in [2.75, 3.05) is 39.2 Å². The molecule has 3 aromatic heterocycles. The van der Waals surface area contributed by atoms with Crippen LogP contribution < -0.4 is 25.7 Å². The van der Waals surface area contributed by atoms with E-state index in [-0.39, 0.29) is 23.3 Å². The highest BCUT2D eigenvalue weighted by Crippen LogP contribution is 2.35. The van der Waals surface area contributed by atoms with Crippen molar-refractivity contribution in [1.82, 2.24) is 29.7 Å². The number of likely N-dealkylation sites (tertiary alicyclic amines) is 1. The number of hydrogen-bond acceptors (Lipinski definition) is 10. The number of rotatable bonds is 8. The molecule has 0 unspecified atom stereocenters. The normalized spacial score (nSPS) is 14.4. The molecule has 1 fully saturated rings. The Morgan fingerprint density at radius 2 is 2.00 bits per heavy atom. The van der Waals surface area contributed by atoms with Crippen molar-refractivity contribution < 1.29 is 14.3 Å². The zero-order chi connectivity index (χ0) is 27.5. The fourth-order valence-electron chi connectivity index (χ4n) is 4.64. The van der Waals surface area contributed by atoms with Crippen LogP contribution in [0.2, 0.25) is 0 Å². The maximum Gasteiger partial charge on any atom is 0.294 e. The molecule has 0 spiro atoms. The smallest absolute Gasteiger partial charge is 0.294 e. The number of methoxy groups -OCH3 is 1. The predicted octanol–water partition coefficient (Wildman–Crippen LogP) is 3.43. The van der Waals surface area contributed by atoms with Crippen molar-refractivity contribution in [3.8, 4) is 22.1 Å². The summed E-state index contributed by atoms with van der Waals surface area (Å²) >= 11 is 1.40. The first-order valence-corrected chi connectivity index (χ1v) is 13.6. The highest BCUT2D eigenvalue weighted by atomic mass is 32.1.